The van der Waals surface area contributed by atoms with E-state index in [9.17, 15) is 9.59 Å². The van der Waals surface area contributed by atoms with Crippen molar-refractivity contribution in [3.8, 4) is 0 Å². The van der Waals surface area contributed by atoms with Crippen LogP contribution in [-0.2, 0) is 22.6 Å². The van der Waals surface area contributed by atoms with Crippen LogP contribution < -0.4 is 0 Å². The normalized spacial score (nSPS) is 11.8. The van der Waals surface area contributed by atoms with Crippen molar-refractivity contribution in [2.45, 2.75) is 71.9 Å². The largest absolute Gasteiger partial charge is 0.467 e. The number of benzene rings is 1. The molecule has 0 saturated carbocycles. The molecule has 0 aliphatic heterocycles. The smallest absolute Gasteiger partial charge is 0.242 e. The van der Waals surface area contributed by atoms with E-state index in [4.69, 9.17) is 4.42 Å². The molecule has 0 fully saturated rings. The van der Waals surface area contributed by atoms with E-state index < -0.39 is 0 Å². The second-order valence-corrected chi connectivity index (χ2v) is 7.87. The molecule has 2 aromatic rings. The summed E-state index contributed by atoms with van der Waals surface area (Å²) in [7, 11) is 0. The van der Waals surface area contributed by atoms with Crippen molar-refractivity contribution in [1.29, 1.82) is 0 Å². The predicted molar refractivity (Wildman–Crippen MR) is 120 cm³/mol. The van der Waals surface area contributed by atoms with Crippen LogP contribution in [0.1, 0.15) is 64.2 Å². The van der Waals surface area contributed by atoms with Crippen LogP contribution in [-0.4, -0.2) is 40.7 Å². The topological polar surface area (TPSA) is 53.8 Å². The Bertz CT molecular complexity index is 743. The summed E-state index contributed by atoms with van der Waals surface area (Å²) in [6, 6.07) is 13.9. The van der Waals surface area contributed by atoms with Gasteiger partial charge in [0, 0.05) is 19.0 Å². The molecule has 0 radical (unpaired) electrons. The first-order valence-electron chi connectivity index (χ1n) is 11.2. The molecule has 0 saturated heterocycles. The quantitative estimate of drug-likeness (QED) is 0.432. The second kappa shape index (κ2) is 12.9. The molecule has 2 rings (SSSR count). The first kappa shape index (κ1) is 23.7. The average Bonchev–Trinajstić information content (AvgIpc) is 3.28. The van der Waals surface area contributed by atoms with E-state index in [0.29, 0.717) is 19.5 Å². The Morgan fingerprint density at radius 2 is 1.77 bits per heavy atom. The van der Waals surface area contributed by atoms with Crippen molar-refractivity contribution in [2.75, 3.05) is 13.1 Å². The molecule has 0 bridgehead atoms. The minimum absolute atomic E-state index is 0.0357. The molecular weight excluding hydrogens is 376 g/mol. The number of carbonyl (C=O) groups is 2. The Balaban J connectivity index is 2.07. The van der Waals surface area contributed by atoms with Gasteiger partial charge in [-0.05, 0) is 43.9 Å². The third-order valence-electron chi connectivity index (χ3n) is 5.54. The third-order valence-corrected chi connectivity index (χ3v) is 5.54. The summed E-state index contributed by atoms with van der Waals surface area (Å²) >= 11 is 0. The lowest BCUT2D eigenvalue weighted by Gasteiger charge is -2.31. The maximum atomic E-state index is 13.2. The standard InChI is InChI=1S/C25H36N2O3/c1-4-6-8-15-24(28)27(21(3)5-2)20-25(29)26(19-23-14-11-18-30-23)17-16-22-12-9-7-10-13-22/h7,9-14,18,21H,4-6,8,15-17,19-20H2,1-3H3. The molecule has 164 valence electrons. The number of carbonyl (C=O) groups excluding carboxylic acids is 2. The van der Waals surface area contributed by atoms with Crippen molar-refractivity contribution in [3.05, 3.63) is 60.1 Å². The average molecular weight is 413 g/mol. The monoisotopic (exact) mass is 412 g/mol. The lowest BCUT2D eigenvalue weighted by atomic mass is 10.1. The summed E-state index contributed by atoms with van der Waals surface area (Å²) < 4.78 is 5.48. The molecule has 1 atom stereocenters. The summed E-state index contributed by atoms with van der Waals surface area (Å²) in [5.74, 6) is 0.791. The Kier molecular flexibility index (Phi) is 10.2. The number of unbranched alkanes of at least 4 members (excludes halogenated alkanes) is 2. The van der Waals surface area contributed by atoms with Gasteiger partial charge in [-0.3, -0.25) is 9.59 Å². The van der Waals surface area contributed by atoms with Gasteiger partial charge in [0.05, 0.1) is 12.8 Å². The van der Waals surface area contributed by atoms with Gasteiger partial charge in [0.2, 0.25) is 11.8 Å². The van der Waals surface area contributed by atoms with Crippen LogP contribution in [0, 0.1) is 0 Å². The highest BCUT2D eigenvalue weighted by Gasteiger charge is 2.24. The number of nitrogens with zero attached hydrogens (tertiary/aromatic N) is 2. The fourth-order valence-electron chi connectivity index (χ4n) is 3.42. The minimum atomic E-state index is -0.0357. The Morgan fingerprint density at radius 1 is 1.00 bits per heavy atom. The van der Waals surface area contributed by atoms with Crippen LogP contribution in [0.3, 0.4) is 0 Å². The van der Waals surface area contributed by atoms with Crippen molar-refractivity contribution >= 4 is 11.8 Å². The zero-order valence-electron chi connectivity index (χ0n) is 18.7. The lowest BCUT2D eigenvalue weighted by Crippen LogP contribution is -2.46. The number of furan rings is 1. The van der Waals surface area contributed by atoms with E-state index in [1.165, 1.54) is 5.56 Å². The fraction of sp³-hybridized carbons (Fsp3) is 0.520. The second-order valence-electron chi connectivity index (χ2n) is 7.87. The van der Waals surface area contributed by atoms with E-state index in [2.05, 4.69) is 26.0 Å². The molecule has 0 N–H and O–H groups in total. The maximum absolute atomic E-state index is 13.2. The molecule has 5 nitrogen and oxygen atoms in total. The van der Waals surface area contributed by atoms with Crippen molar-refractivity contribution in [2.24, 2.45) is 0 Å². The molecule has 0 aliphatic carbocycles. The molecular formula is C25H36N2O3. The zero-order chi connectivity index (χ0) is 21.8. The van der Waals surface area contributed by atoms with E-state index >= 15 is 0 Å². The summed E-state index contributed by atoms with van der Waals surface area (Å²) in [5, 5.41) is 0. The molecule has 1 heterocycles. The summed E-state index contributed by atoms with van der Waals surface area (Å²) in [6.07, 6.45) is 6.71. The highest BCUT2D eigenvalue weighted by atomic mass is 16.3. The van der Waals surface area contributed by atoms with Crippen molar-refractivity contribution in [3.63, 3.8) is 0 Å². The number of amides is 2. The van der Waals surface area contributed by atoms with Crippen LogP contribution >= 0.6 is 0 Å². The molecule has 30 heavy (non-hydrogen) atoms. The summed E-state index contributed by atoms with van der Waals surface area (Å²) in [4.78, 5) is 29.6. The Labute approximate surface area is 181 Å². The van der Waals surface area contributed by atoms with Gasteiger partial charge < -0.3 is 14.2 Å². The maximum Gasteiger partial charge on any atom is 0.242 e. The van der Waals surface area contributed by atoms with Gasteiger partial charge in [-0.15, -0.1) is 0 Å². The summed E-state index contributed by atoms with van der Waals surface area (Å²) in [5.41, 5.74) is 1.18. The van der Waals surface area contributed by atoms with Gasteiger partial charge in [-0.1, -0.05) is 57.0 Å². The third kappa shape index (κ3) is 7.69. The van der Waals surface area contributed by atoms with Gasteiger partial charge in [-0.2, -0.15) is 0 Å². The number of hydrogen-bond acceptors (Lipinski definition) is 3. The van der Waals surface area contributed by atoms with Crippen LogP contribution in [0.4, 0.5) is 0 Å². The Morgan fingerprint density at radius 3 is 2.40 bits per heavy atom. The molecule has 0 aliphatic rings. The SMILES string of the molecule is CCCCCC(=O)N(CC(=O)N(CCc1ccccc1)Cc1ccco1)C(C)CC. The van der Waals surface area contributed by atoms with Crippen molar-refractivity contribution in [1.82, 2.24) is 9.80 Å². The van der Waals surface area contributed by atoms with Gasteiger partial charge in [0.1, 0.15) is 12.3 Å². The van der Waals surface area contributed by atoms with Gasteiger partial charge in [0.25, 0.3) is 0 Å². The van der Waals surface area contributed by atoms with E-state index in [1.807, 2.05) is 37.3 Å². The zero-order valence-corrected chi connectivity index (χ0v) is 18.7. The van der Waals surface area contributed by atoms with E-state index in [1.54, 1.807) is 16.1 Å². The first-order chi connectivity index (χ1) is 14.5. The molecule has 1 aromatic heterocycles. The number of hydrogen-bond donors (Lipinski definition) is 0. The lowest BCUT2D eigenvalue weighted by molar-refractivity contribution is -0.142. The minimum Gasteiger partial charge on any atom is -0.467 e. The number of rotatable bonds is 13. The van der Waals surface area contributed by atoms with Crippen LogP contribution in [0.15, 0.2) is 53.1 Å². The molecule has 0 spiro atoms. The summed E-state index contributed by atoms with van der Waals surface area (Å²) in [6.45, 7) is 7.32. The Hall–Kier alpha value is -2.56. The van der Waals surface area contributed by atoms with Gasteiger partial charge in [0.15, 0.2) is 0 Å². The van der Waals surface area contributed by atoms with Gasteiger partial charge >= 0.3 is 0 Å². The molecule has 2 amide bonds. The predicted octanol–water partition coefficient (Wildman–Crippen LogP) is 5.06. The molecule has 1 aromatic carbocycles. The van der Waals surface area contributed by atoms with Crippen molar-refractivity contribution < 1.29 is 14.0 Å². The van der Waals surface area contributed by atoms with E-state index in [0.717, 1.165) is 37.9 Å². The van der Waals surface area contributed by atoms with E-state index in [-0.39, 0.29) is 24.4 Å². The fourth-order valence-corrected chi connectivity index (χ4v) is 3.42. The molecule has 5 heteroatoms. The van der Waals surface area contributed by atoms with Crippen LogP contribution in [0.5, 0.6) is 0 Å². The van der Waals surface area contributed by atoms with Gasteiger partial charge in [-0.25, -0.2) is 0 Å². The van der Waals surface area contributed by atoms with Crippen LogP contribution in [0.25, 0.3) is 0 Å². The highest BCUT2D eigenvalue weighted by Crippen LogP contribution is 2.13. The molecule has 1 unspecified atom stereocenters. The highest BCUT2D eigenvalue weighted by molar-refractivity contribution is 5.85. The van der Waals surface area contributed by atoms with Crippen LogP contribution in [0.2, 0.25) is 0 Å². The first-order valence-corrected chi connectivity index (χ1v) is 11.2.